The van der Waals surface area contributed by atoms with E-state index in [0.29, 0.717) is 5.52 Å². The van der Waals surface area contributed by atoms with Gasteiger partial charge in [0.25, 0.3) is 11.4 Å². The van der Waals surface area contributed by atoms with Crippen LogP contribution in [0.5, 0.6) is 0 Å². The summed E-state index contributed by atoms with van der Waals surface area (Å²) in [6.45, 7) is 3.43. The van der Waals surface area contributed by atoms with Crippen molar-refractivity contribution in [1.29, 1.82) is 0 Å². The van der Waals surface area contributed by atoms with E-state index in [1.54, 1.807) is 26.1 Å². The molecule has 0 amide bonds. The third kappa shape index (κ3) is 4.22. The molecule has 2 aliphatic heterocycles. The number of carbonyl (C=O) groups excluding carboxylic acids is 1. The maximum absolute atomic E-state index is 12.5. The zero-order valence-corrected chi connectivity index (χ0v) is 18.7. The molecule has 12 nitrogen and oxygen atoms in total. The number of non-ortho nitro benzene ring substituents is 2. The Bertz CT molecular complexity index is 1320. The molecule has 35 heavy (non-hydrogen) atoms. The highest BCUT2D eigenvalue weighted by atomic mass is 16.8. The molecule has 4 atom stereocenters. The SMILES string of the molecule is CC1(C)O[C@@H]2[C@H](O1)[C@@H](COC(=O)c1ccc([N+](=O)[O-])cc1)O[C@@H]2c1c[nH]c2cc([N+](=O)[O-])ccc12. The highest BCUT2D eigenvalue weighted by Gasteiger charge is 2.56. The van der Waals surface area contributed by atoms with Gasteiger partial charge in [-0.1, -0.05) is 0 Å². The summed E-state index contributed by atoms with van der Waals surface area (Å²) in [6.07, 6.45) is -0.516. The smallest absolute Gasteiger partial charge is 0.338 e. The van der Waals surface area contributed by atoms with Crippen molar-refractivity contribution in [2.75, 3.05) is 6.61 Å². The average molecular weight is 483 g/mol. The number of nitro benzene ring substituents is 2. The Hall–Kier alpha value is -3.87. The number of fused-ring (bicyclic) bond motifs is 2. The van der Waals surface area contributed by atoms with Crippen LogP contribution in [0.3, 0.4) is 0 Å². The number of aromatic nitrogens is 1. The topological polar surface area (TPSA) is 156 Å². The van der Waals surface area contributed by atoms with Gasteiger partial charge in [-0.15, -0.1) is 0 Å². The van der Waals surface area contributed by atoms with Crippen LogP contribution in [0.25, 0.3) is 10.9 Å². The Kier molecular flexibility index (Phi) is 5.50. The van der Waals surface area contributed by atoms with Crippen LogP contribution in [0.1, 0.15) is 35.9 Å². The summed E-state index contributed by atoms with van der Waals surface area (Å²) >= 11 is 0. The van der Waals surface area contributed by atoms with Crippen LogP contribution < -0.4 is 0 Å². The summed E-state index contributed by atoms with van der Waals surface area (Å²) in [4.78, 5) is 36.4. The number of nitrogens with one attached hydrogen (secondary N) is 1. The first-order chi connectivity index (χ1) is 16.6. The van der Waals surface area contributed by atoms with E-state index in [9.17, 15) is 25.0 Å². The minimum atomic E-state index is -0.886. The molecule has 0 unspecified atom stereocenters. The number of carbonyl (C=O) groups is 1. The van der Waals surface area contributed by atoms with Crippen LogP contribution in [-0.4, -0.2) is 51.5 Å². The number of rotatable bonds is 6. The van der Waals surface area contributed by atoms with Crippen molar-refractivity contribution in [3.05, 3.63) is 80.0 Å². The third-order valence-electron chi connectivity index (χ3n) is 6.06. The first kappa shape index (κ1) is 22.9. The van der Waals surface area contributed by atoms with Crippen molar-refractivity contribution in [2.24, 2.45) is 0 Å². The van der Waals surface area contributed by atoms with Gasteiger partial charge in [0.05, 0.1) is 20.9 Å². The van der Waals surface area contributed by atoms with Crippen LogP contribution in [0.15, 0.2) is 48.7 Å². The molecule has 2 saturated heterocycles. The van der Waals surface area contributed by atoms with Crippen LogP contribution in [0, 0.1) is 20.2 Å². The van der Waals surface area contributed by atoms with E-state index in [4.69, 9.17) is 18.9 Å². The first-order valence-corrected chi connectivity index (χ1v) is 10.8. The fourth-order valence-corrected chi connectivity index (χ4v) is 4.51. The second-order valence-corrected chi connectivity index (χ2v) is 8.79. The third-order valence-corrected chi connectivity index (χ3v) is 6.06. The van der Waals surface area contributed by atoms with Crippen LogP contribution in [0.4, 0.5) is 11.4 Å². The lowest BCUT2D eigenvalue weighted by Gasteiger charge is -2.24. The van der Waals surface area contributed by atoms with Gasteiger partial charge in [0.2, 0.25) is 0 Å². The predicted octanol–water partition coefficient (Wildman–Crippen LogP) is 3.80. The molecule has 0 bridgehead atoms. The van der Waals surface area contributed by atoms with Crippen LogP contribution in [-0.2, 0) is 18.9 Å². The predicted molar refractivity (Wildman–Crippen MR) is 120 cm³/mol. The fourth-order valence-electron chi connectivity index (χ4n) is 4.51. The Labute approximate surface area is 198 Å². The number of nitrogens with zero attached hydrogens (tertiary/aromatic N) is 2. The molecule has 1 N–H and O–H groups in total. The molecule has 3 heterocycles. The number of aromatic amines is 1. The molecule has 3 aromatic rings. The normalized spacial score (nSPS) is 24.9. The summed E-state index contributed by atoms with van der Waals surface area (Å²) < 4.78 is 23.8. The van der Waals surface area contributed by atoms with Crippen LogP contribution >= 0.6 is 0 Å². The Morgan fingerprint density at radius 3 is 2.37 bits per heavy atom. The molecule has 2 aliphatic rings. The van der Waals surface area contributed by atoms with Gasteiger partial charge in [0.1, 0.15) is 31.0 Å². The number of hydrogen-bond donors (Lipinski definition) is 1. The highest BCUT2D eigenvalue weighted by Crippen LogP contribution is 2.46. The second kappa shape index (κ2) is 8.41. The van der Waals surface area contributed by atoms with E-state index in [-0.39, 0.29) is 23.5 Å². The number of H-pyrrole nitrogens is 1. The van der Waals surface area contributed by atoms with Gasteiger partial charge in [0.15, 0.2) is 5.79 Å². The Balaban J connectivity index is 1.35. The van der Waals surface area contributed by atoms with Gasteiger partial charge in [0, 0.05) is 41.4 Å². The minimum absolute atomic E-state index is 0.0336. The van der Waals surface area contributed by atoms with Gasteiger partial charge in [-0.3, -0.25) is 20.2 Å². The lowest BCUT2D eigenvalue weighted by molar-refractivity contribution is -0.385. The van der Waals surface area contributed by atoms with E-state index in [1.165, 1.54) is 36.4 Å². The van der Waals surface area contributed by atoms with Gasteiger partial charge in [-0.25, -0.2) is 4.79 Å². The lowest BCUT2D eigenvalue weighted by atomic mass is 10.0. The molecule has 2 aromatic carbocycles. The number of nitro groups is 2. The molecular weight excluding hydrogens is 462 g/mol. The van der Waals surface area contributed by atoms with Crippen molar-refractivity contribution < 1.29 is 33.6 Å². The quantitative estimate of drug-likeness (QED) is 0.313. The molecule has 0 radical (unpaired) electrons. The van der Waals surface area contributed by atoms with E-state index < -0.39 is 46.0 Å². The summed E-state index contributed by atoms with van der Waals surface area (Å²) in [5.74, 6) is -1.54. The highest BCUT2D eigenvalue weighted by molar-refractivity contribution is 5.89. The summed E-state index contributed by atoms with van der Waals surface area (Å²) in [5.41, 5.74) is 1.34. The van der Waals surface area contributed by atoms with E-state index in [0.717, 1.165) is 10.9 Å². The zero-order chi connectivity index (χ0) is 24.9. The maximum Gasteiger partial charge on any atom is 0.338 e. The summed E-state index contributed by atoms with van der Waals surface area (Å²) in [7, 11) is 0. The standard InChI is InChI=1S/C23H21N3O9/c1-23(2)34-20-18(11-32-22(27)12-3-5-13(6-4-12)25(28)29)33-19(21(20)35-23)16-10-24-17-9-14(26(30)31)7-8-15(16)17/h3-10,18-21,24H,11H2,1-2H3/t18-,19-,20-,21+/m1/s1. The minimum Gasteiger partial charge on any atom is -0.459 e. The van der Waals surface area contributed by atoms with E-state index in [2.05, 4.69) is 4.98 Å². The molecule has 12 heteroatoms. The monoisotopic (exact) mass is 483 g/mol. The lowest BCUT2D eigenvalue weighted by Crippen LogP contribution is -2.33. The van der Waals surface area contributed by atoms with Crippen molar-refractivity contribution in [3.8, 4) is 0 Å². The van der Waals surface area contributed by atoms with Crippen molar-refractivity contribution in [2.45, 2.75) is 44.1 Å². The molecule has 2 fully saturated rings. The summed E-state index contributed by atoms with van der Waals surface area (Å²) in [5, 5.41) is 22.7. The molecule has 0 saturated carbocycles. The molecule has 5 rings (SSSR count). The first-order valence-electron chi connectivity index (χ1n) is 10.8. The average Bonchev–Trinajstić information content (AvgIpc) is 3.47. The number of ether oxygens (including phenoxy) is 4. The Morgan fingerprint density at radius 2 is 1.69 bits per heavy atom. The largest absolute Gasteiger partial charge is 0.459 e. The van der Waals surface area contributed by atoms with Crippen molar-refractivity contribution in [1.82, 2.24) is 4.98 Å². The fraction of sp³-hybridized carbons (Fsp3) is 0.348. The molecule has 0 spiro atoms. The van der Waals surface area contributed by atoms with Gasteiger partial charge < -0.3 is 23.9 Å². The van der Waals surface area contributed by atoms with E-state index >= 15 is 0 Å². The number of esters is 1. The summed E-state index contributed by atoms with van der Waals surface area (Å²) in [6, 6.07) is 9.63. The molecule has 182 valence electrons. The molecule has 1 aromatic heterocycles. The van der Waals surface area contributed by atoms with Crippen molar-refractivity contribution >= 4 is 28.2 Å². The molecule has 0 aliphatic carbocycles. The second-order valence-electron chi connectivity index (χ2n) is 8.79. The van der Waals surface area contributed by atoms with Crippen molar-refractivity contribution in [3.63, 3.8) is 0 Å². The van der Waals surface area contributed by atoms with Gasteiger partial charge in [-0.2, -0.15) is 0 Å². The van der Waals surface area contributed by atoms with Gasteiger partial charge in [-0.05, 0) is 32.0 Å². The van der Waals surface area contributed by atoms with Crippen LogP contribution in [0.2, 0.25) is 0 Å². The Morgan fingerprint density at radius 1 is 1.03 bits per heavy atom. The maximum atomic E-state index is 12.5. The number of hydrogen-bond acceptors (Lipinski definition) is 9. The number of benzene rings is 2. The van der Waals surface area contributed by atoms with Gasteiger partial charge >= 0.3 is 5.97 Å². The molecular formula is C23H21N3O9. The zero-order valence-electron chi connectivity index (χ0n) is 18.7. The van der Waals surface area contributed by atoms with E-state index in [1.807, 2.05) is 0 Å².